The summed E-state index contributed by atoms with van der Waals surface area (Å²) in [5.41, 5.74) is 5.42. The second kappa shape index (κ2) is 13.5. The van der Waals surface area contributed by atoms with Crippen LogP contribution in [-0.2, 0) is 4.79 Å². The number of oxazole rings is 1. The summed E-state index contributed by atoms with van der Waals surface area (Å²) in [5, 5.41) is 5.81. The number of hydrogen-bond donors (Lipinski definition) is 2. The summed E-state index contributed by atoms with van der Waals surface area (Å²) >= 11 is 3.20. The largest absolute Gasteiger partial charge is 0.436 e. The van der Waals surface area contributed by atoms with Crippen molar-refractivity contribution in [1.82, 2.24) is 4.98 Å². The standard InChI is InChI=1S/C40H30N4O3S2/c45-38(41-28-23-21-27(22-24-28)39-43-31-15-4-7-18-34(31)47-39)37(26-11-2-1-3-12-26)48-30-14-10-13-29(25-30)42-40(46)44-32-16-5-8-19-35(32)49-36-20-9-6-17-33(36)44/h1-25,32,35,37H,(H,41,45)(H,42,46). The lowest BCUT2D eigenvalue weighted by Gasteiger charge is -2.40. The van der Waals surface area contributed by atoms with E-state index in [0.29, 0.717) is 17.3 Å². The van der Waals surface area contributed by atoms with E-state index in [0.717, 1.165) is 37.7 Å². The van der Waals surface area contributed by atoms with Crippen molar-refractivity contribution in [2.75, 3.05) is 15.5 Å². The summed E-state index contributed by atoms with van der Waals surface area (Å²) in [4.78, 5) is 36.1. The molecule has 2 aliphatic rings. The Hall–Kier alpha value is -5.51. The van der Waals surface area contributed by atoms with Crippen LogP contribution in [0.3, 0.4) is 0 Å². The van der Waals surface area contributed by atoms with Gasteiger partial charge in [0.15, 0.2) is 5.58 Å². The number of urea groups is 1. The van der Waals surface area contributed by atoms with E-state index < -0.39 is 5.25 Å². The quantitative estimate of drug-likeness (QED) is 0.164. The number of anilines is 3. The molecule has 49 heavy (non-hydrogen) atoms. The van der Waals surface area contributed by atoms with Crippen LogP contribution in [0.15, 0.2) is 166 Å². The molecule has 0 saturated heterocycles. The molecule has 7 nitrogen and oxygen atoms in total. The van der Waals surface area contributed by atoms with Gasteiger partial charge in [0.25, 0.3) is 0 Å². The smallest absolute Gasteiger partial charge is 0.326 e. The molecule has 1 aliphatic heterocycles. The zero-order chi connectivity index (χ0) is 33.2. The van der Waals surface area contributed by atoms with Gasteiger partial charge in [-0.15, -0.1) is 23.5 Å². The van der Waals surface area contributed by atoms with Crippen LogP contribution in [0.4, 0.5) is 21.9 Å². The molecule has 5 aromatic carbocycles. The number of hydrogen-bond acceptors (Lipinski definition) is 6. The number of fused-ring (bicyclic) bond motifs is 3. The fraction of sp³-hybridized carbons (Fsp3) is 0.0750. The lowest BCUT2D eigenvalue weighted by molar-refractivity contribution is -0.115. The zero-order valence-corrected chi connectivity index (χ0v) is 27.7. The Balaban J connectivity index is 1.00. The first-order chi connectivity index (χ1) is 24.1. The molecule has 2 N–H and O–H groups in total. The summed E-state index contributed by atoms with van der Waals surface area (Å²) in [5.74, 6) is 0.366. The third-order valence-electron chi connectivity index (χ3n) is 8.33. The number of thioether (sulfide) groups is 2. The van der Waals surface area contributed by atoms with Crippen LogP contribution in [0.25, 0.3) is 22.6 Å². The van der Waals surface area contributed by atoms with E-state index in [-0.39, 0.29) is 23.2 Å². The Morgan fingerprint density at radius 3 is 2.41 bits per heavy atom. The predicted octanol–water partition coefficient (Wildman–Crippen LogP) is 9.97. The molecule has 6 aromatic rings. The molecular weight excluding hydrogens is 649 g/mol. The monoisotopic (exact) mass is 678 g/mol. The van der Waals surface area contributed by atoms with Crippen molar-refractivity contribution in [1.29, 1.82) is 0 Å². The van der Waals surface area contributed by atoms with E-state index in [1.807, 2.05) is 138 Å². The first-order valence-corrected chi connectivity index (χ1v) is 17.6. The number of carbonyl (C=O) groups is 2. The minimum absolute atomic E-state index is 0.0994. The van der Waals surface area contributed by atoms with E-state index in [1.54, 1.807) is 11.8 Å². The Kier molecular flexibility index (Phi) is 8.51. The number of benzene rings is 5. The van der Waals surface area contributed by atoms with Gasteiger partial charge >= 0.3 is 6.03 Å². The van der Waals surface area contributed by atoms with E-state index in [4.69, 9.17) is 4.42 Å². The molecule has 8 rings (SSSR count). The van der Waals surface area contributed by atoms with Gasteiger partial charge < -0.3 is 15.1 Å². The summed E-state index contributed by atoms with van der Waals surface area (Å²) in [6, 6.07) is 40.2. The minimum Gasteiger partial charge on any atom is -0.436 e. The molecule has 0 saturated carbocycles. The van der Waals surface area contributed by atoms with Gasteiger partial charge in [-0.05, 0) is 72.3 Å². The second-order valence-corrected chi connectivity index (χ2v) is 14.0. The van der Waals surface area contributed by atoms with Crippen molar-refractivity contribution in [2.45, 2.75) is 26.3 Å². The van der Waals surface area contributed by atoms with Gasteiger partial charge in [0.1, 0.15) is 10.8 Å². The Bertz CT molecular complexity index is 2180. The predicted molar refractivity (Wildman–Crippen MR) is 199 cm³/mol. The molecule has 2 heterocycles. The zero-order valence-electron chi connectivity index (χ0n) is 26.1. The highest BCUT2D eigenvalue weighted by Crippen LogP contribution is 2.44. The fourth-order valence-corrected chi connectivity index (χ4v) is 8.33. The topological polar surface area (TPSA) is 87.5 Å². The van der Waals surface area contributed by atoms with Gasteiger partial charge in [-0.3, -0.25) is 9.69 Å². The summed E-state index contributed by atoms with van der Waals surface area (Å²) in [6.45, 7) is 0. The van der Waals surface area contributed by atoms with E-state index in [2.05, 4.69) is 33.8 Å². The molecule has 3 unspecified atom stereocenters. The highest BCUT2D eigenvalue weighted by molar-refractivity contribution is 8.00. The number of rotatable bonds is 7. The lowest BCUT2D eigenvalue weighted by Crippen LogP contribution is -2.49. The molecule has 0 radical (unpaired) electrons. The van der Waals surface area contributed by atoms with Gasteiger partial charge in [0, 0.05) is 26.7 Å². The fourth-order valence-electron chi connectivity index (χ4n) is 5.99. The van der Waals surface area contributed by atoms with Crippen LogP contribution in [0.5, 0.6) is 0 Å². The van der Waals surface area contributed by atoms with Gasteiger partial charge in [-0.1, -0.05) is 85.0 Å². The number of nitrogens with zero attached hydrogens (tertiary/aromatic N) is 2. The summed E-state index contributed by atoms with van der Waals surface area (Å²) in [6.07, 6.45) is 8.25. The number of para-hydroxylation sites is 3. The summed E-state index contributed by atoms with van der Waals surface area (Å²) in [7, 11) is 0. The Morgan fingerprint density at radius 1 is 0.776 bits per heavy atom. The van der Waals surface area contributed by atoms with Crippen LogP contribution in [-0.4, -0.2) is 28.2 Å². The van der Waals surface area contributed by atoms with Gasteiger partial charge in [-0.2, -0.15) is 0 Å². The number of aromatic nitrogens is 1. The average molecular weight is 679 g/mol. The third-order valence-corrected chi connectivity index (χ3v) is 10.9. The minimum atomic E-state index is -0.546. The maximum Gasteiger partial charge on any atom is 0.326 e. The van der Waals surface area contributed by atoms with Crippen molar-refractivity contribution in [3.63, 3.8) is 0 Å². The van der Waals surface area contributed by atoms with Crippen molar-refractivity contribution >= 4 is 63.6 Å². The number of amides is 3. The van der Waals surface area contributed by atoms with Crippen molar-refractivity contribution in [3.05, 3.63) is 157 Å². The highest BCUT2D eigenvalue weighted by Gasteiger charge is 2.36. The normalized spacial score (nSPS) is 16.9. The van der Waals surface area contributed by atoms with E-state index in [1.165, 1.54) is 11.8 Å². The van der Waals surface area contributed by atoms with Gasteiger partial charge in [0.2, 0.25) is 11.8 Å². The Labute approximate surface area is 292 Å². The van der Waals surface area contributed by atoms with Gasteiger partial charge in [0.05, 0.1) is 17.0 Å². The highest BCUT2D eigenvalue weighted by atomic mass is 32.2. The molecule has 0 spiro atoms. The number of carbonyl (C=O) groups excluding carboxylic acids is 2. The molecule has 0 fully saturated rings. The molecule has 1 aromatic heterocycles. The first-order valence-electron chi connectivity index (χ1n) is 15.9. The van der Waals surface area contributed by atoms with Crippen molar-refractivity contribution in [2.24, 2.45) is 0 Å². The third kappa shape index (κ3) is 6.50. The van der Waals surface area contributed by atoms with E-state index >= 15 is 0 Å². The van der Waals surface area contributed by atoms with Crippen LogP contribution in [0, 0.1) is 0 Å². The van der Waals surface area contributed by atoms with Crippen LogP contribution >= 0.6 is 23.5 Å². The second-order valence-electron chi connectivity index (χ2n) is 11.6. The number of nitrogens with one attached hydrogen (secondary N) is 2. The maximum atomic E-state index is 13.9. The lowest BCUT2D eigenvalue weighted by atomic mass is 10.1. The molecule has 9 heteroatoms. The SMILES string of the molecule is O=C(Nc1ccc(-c2nc3ccccc3o2)cc1)C(Sc1cccc(NC(=O)N2c3ccccc3SC3C=CC=CC32)c1)c1ccccc1. The van der Waals surface area contributed by atoms with Crippen LogP contribution < -0.4 is 15.5 Å². The molecule has 3 amide bonds. The first kappa shape index (κ1) is 30.8. The summed E-state index contributed by atoms with van der Waals surface area (Å²) < 4.78 is 5.91. The van der Waals surface area contributed by atoms with Crippen molar-refractivity contribution in [3.8, 4) is 11.5 Å². The Morgan fingerprint density at radius 2 is 1.55 bits per heavy atom. The van der Waals surface area contributed by atoms with Crippen LogP contribution in [0.2, 0.25) is 0 Å². The van der Waals surface area contributed by atoms with Gasteiger partial charge in [-0.25, -0.2) is 9.78 Å². The molecule has 240 valence electrons. The van der Waals surface area contributed by atoms with Crippen LogP contribution in [0.1, 0.15) is 10.8 Å². The van der Waals surface area contributed by atoms with Crippen molar-refractivity contribution < 1.29 is 14.0 Å². The average Bonchev–Trinajstić information content (AvgIpc) is 3.58. The number of allylic oxidation sites excluding steroid dienone is 2. The van der Waals surface area contributed by atoms with E-state index in [9.17, 15) is 9.59 Å². The molecule has 1 aliphatic carbocycles. The molecule has 3 atom stereocenters. The molecular formula is C40H30N4O3S2. The molecule has 0 bridgehead atoms. The maximum absolute atomic E-state index is 13.9.